The van der Waals surface area contributed by atoms with Gasteiger partial charge in [0.15, 0.2) is 16.5 Å². The lowest BCUT2D eigenvalue weighted by Crippen LogP contribution is -2.56. The van der Waals surface area contributed by atoms with E-state index in [9.17, 15) is 12.8 Å². The Morgan fingerprint density at radius 2 is 2.12 bits per heavy atom. The van der Waals surface area contributed by atoms with E-state index in [4.69, 9.17) is 15.0 Å². The molecule has 0 aliphatic carbocycles. The first-order valence-corrected chi connectivity index (χ1v) is 9.18. The highest BCUT2D eigenvalue weighted by molar-refractivity contribution is 7.89. The van der Waals surface area contributed by atoms with Crippen molar-refractivity contribution < 1.29 is 22.1 Å². The topological polar surface area (TPSA) is 98.7 Å². The van der Waals surface area contributed by atoms with Gasteiger partial charge in [-0.05, 0) is 38.5 Å². The van der Waals surface area contributed by atoms with Crippen LogP contribution in [0.5, 0.6) is 0 Å². The Morgan fingerprint density at radius 1 is 1.40 bits per heavy atom. The number of morpholine rings is 1. The number of nitrogens with two attached hydrogens (primary N) is 1. The van der Waals surface area contributed by atoms with Crippen molar-refractivity contribution in [2.75, 3.05) is 18.9 Å². The van der Waals surface area contributed by atoms with Crippen LogP contribution >= 0.6 is 0 Å². The number of rotatable bonds is 3. The van der Waals surface area contributed by atoms with Gasteiger partial charge in [-0.1, -0.05) is 17.3 Å². The van der Waals surface area contributed by atoms with Crippen LogP contribution in [0.25, 0.3) is 0 Å². The van der Waals surface area contributed by atoms with Crippen LogP contribution in [0.1, 0.15) is 31.3 Å². The molecule has 1 aromatic carbocycles. The zero-order valence-corrected chi connectivity index (χ0v) is 15.0. The van der Waals surface area contributed by atoms with E-state index in [0.717, 1.165) is 0 Å². The molecule has 0 amide bonds. The summed E-state index contributed by atoms with van der Waals surface area (Å²) >= 11 is 0. The molecule has 1 aliphatic rings. The second-order valence-corrected chi connectivity index (χ2v) is 8.46. The van der Waals surface area contributed by atoms with E-state index >= 15 is 0 Å². The van der Waals surface area contributed by atoms with Crippen LogP contribution in [0.2, 0.25) is 0 Å². The summed E-state index contributed by atoms with van der Waals surface area (Å²) in [6.07, 6.45) is -0.583. The van der Waals surface area contributed by atoms with E-state index in [1.54, 1.807) is 26.0 Å². The minimum atomic E-state index is -3.96. The van der Waals surface area contributed by atoms with Crippen molar-refractivity contribution in [2.24, 2.45) is 0 Å². The molecule has 0 bridgehead atoms. The molecule has 2 N–H and O–H groups in total. The molecule has 1 atom stereocenters. The zero-order chi connectivity index (χ0) is 18.4. The van der Waals surface area contributed by atoms with Gasteiger partial charge in [-0.2, -0.15) is 4.31 Å². The third-order valence-corrected chi connectivity index (χ3v) is 6.48. The van der Waals surface area contributed by atoms with E-state index in [-0.39, 0.29) is 29.6 Å². The van der Waals surface area contributed by atoms with Crippen molar-refractivity contribution in [3.05, 3.63) is 41.4 Å². The number of ether oxygens (including phenoxy) is 1. The van der Waals surface area contributed by atoms with Crippen LogP contribution in [-0.4, -0.2) is 36.6 Å². The van der Waals surface area contributed by atoms with Crippen LogP contribution in [0, 0.1) is 12.7 Å². The second kappa shape index (κ2) is 6.08. The number of halogens is 1. The van der Waals surface area contributed by atoms with Crippen LogP contribution in [0.4, 0.5) is 10.2 Å². The van der Waals surface area contributed by atoms with Gasteiger partial charge < -0.3 is 15.0 Å². The van der Waals surface area contributed by atoms with Crippen LogP contribution in [0.15, 0.2) is 33.7 Å². The molecule has 1 saturated heterocycles. The van der Waals surface area contributed by atoms with E-state index in [2.05, 4.69) is 5.16 Å². The van der Waals surface area contributed by atoms with Crippen LogP contribution in [-0.2, 0) is 14.8 Å². The first-order chi connectivity index (χ1) is 11.6. The number of anilines is 1. The van der Waals surface area contributed by atoms with Gasteiger partial charge in [-0.3, -0.25) is 0 Å². The summed E-state index contributed by atoms with van der Waals surface area (Å²) in [7, 11) is -3.96. The third-order valence-electron chi connectivity index (χ3n) is 4.25. The molecule has 0 radical (unpaired) electrons. The molecule has 0 saturated carbocycles. The molecule has 2 heterocycles. The standard InChI is InChI=1S/C16H20FN3O4S/c1-10-14(15(18)19-24-10)25(21,22)20-8-13(23-9-16(20,2)3)11-5-4-6-12(17)7-11/h4-7,13H,8-9H2,1-3H3,(H2,18,19). The van der Waals surface area contributed by atoms with Crippen molar-refractivity contribution in [3.8, 4) is 0 Å². The van der Waals surface area contributed by atoms with Crippen molar-refractivity contribution in [2.45, 2.75) is 37.3 Å². The summed E-state index contributed by atoms with van der Waals surface area (Å²) in [5.41, 5.74) is 5.46. The smallest absolute Gasteiger partial charge is 0.251 e. The average Bonchev–Trinajstić information content (AvgIpc) is 2.86. The van der Waals surface area contributed by atoms with Gasteiger partial charge >= 0.3 is 0 Å². The first-order valence-electron chi connectivity index (χ1n) is 7.74. The monoisotopic (exact) mass is 369 g/mol. The minimum absolute atomic E-state index is 0.0306. The van der Waals surface area contributed by atoms with Gasteiger partial charge in [-0.25, -0.2) is 12.8 Å². The highest BCUT2D eigenvalue weighted by Gasteiger charge is 2.45. The van der Waals surface area contributed by atoms with Crippen molar-refractivity contribution in [3.63, 3.8) is 0 Å². The highest BCUT2D eigenvalue weighted by atomic mass is 32.2. The SMILES string of the molecule is Cc1onc(N)c1S(=O)(=O)N1CC(c2cccc(F)c2)OCC1(C)C. The molecular formula is C16H20FN3O4S. The molecule has 2 aromatic rings. The summed E-state index contributed by atoms with van der Waals surface area (Å²) in [6, 6.07) is 5.93. The Bertz CT molecular complexity index is 875. The summed E-state index contributed by atoms with van der Waals surface area (Å²) in [5, 5.41) is 3.53. The van der Waals surface area contributed by atoms with Gasteiger partial charge in [0.1, 0.15) is 5.82 Å². The quantitative estimate of drug-likeness (QED) is 0.891. The number of hydrogen-bond donors (Lipinski definition) is 1. The molecule has 3 rings (SSSR count). The number of aromatic nitrogens is 1. The number of benzene rings is 1. The number of sulfonamides is 1. The third kappa shape index (κ3) is 3.14. The molecule has 1 aromatic heterocycles. The highest BCUT2D eigenvalue weighted by Crippen LogP contribution is 2.36. The summed E-state index contributed by atoms with van der Waals surface area (Å²) in [4.78, 5) is -0.138. The maximum absolute atomic E-state index is 13.5. The molecule has 1 aliphatic heterocycles. The molecule has 25 heavy (non-hydrogen) atoms. The van der Waals surface area contributed by atoms with Gasteiger partial charge in [0.25, 0.3) is 10.0 Å². The number of nitrogen functional groups attached to an aromatic ring is 1. The van der Waals surface area contributed by atoms with E-state index < -0.39 is 27.5 Å². The van der Waals surface area contributed by atoms with E-state index in [0.29, 0.717) is 5.56 Å². The lowest BCUT2D eigenvalue weighted by Gasteiger charge is -2.44. The van der Waals surface area contributed by atoms with E-state index in [1.165, 1.54) is 23.4 Å². The summed E-state index contributed by atoms with van der Waals surface area (Å²) in [5.74, 6) is -0.455. The Kier molecular flexibility index (Phi) is 4.34. The molecule has 7 nitrogen and oxygen atoms in total. The largest absolute Gasteiger partial charge is 0.380 e. The van der Waals surface area contributed by atoms with Gasteiger partial charge in [0.2, 0.25) is 0 Å². The maximum Gasteiger partial charge on any atom is 0.251 e. The number of nitrogens with zero attached hydrogens (tertiary/aromatic N) is 2. The van der Waals surface area contributed by atoms with Crippen LogP contribution in [0.3, 0.4) is 0 Å². The van der Waals surface area contributed by atoms with Crippen molar-refractivity contribution in [1.29, 1.82) is 0 Å². The van der Waals surface area contributed by atoms with E-state index in [1.807, 2.05) is 0 Å². The Balaban J connectivity index is 2.00. The predicted molar refractivity (Wildman–Crippen MR) is 88.7 cm³/mol. The minimum Gasteiger partial charge on any atom is -0.380 e. The zero-order valence-electron chi connectivity index (χ0n) is 14.2. The lowest BCUT2D eigenvalue weighted by atomic mass is 10.0. The van der Waals surface area contributed by atoms with Gasteiger partial charge in [-0.15, -0.1) is 0 Å². The summed E-state index contributed by atoms with van der Waals surface area (Å²) < 4.78 is 51.9. The lowest BCUT2D eigenvalue weighted by molar-refractivity contribution is -0.0656. The molecule has 0 spiro atoms. The van der Waals surface area contributed by atoms with Gasteiger partial charge in [0, 0.05) is 6.54 Å². The molecular weight excluding hydrogens is 349 g/mol. The fraction of sp³-hybridized carbons (Fsp3) is 0.438. The Labute approximate surface area is 145 Å². The Hall–Kier alpha value is -1.97. The molecule has 1 unspecified atom stereocenters. The first kappa shape index (κ1) is 17.8. The fourth-order valence-electron chi connectivity index (χ4n) is 2.96. The fourth-order valence-corrected chi connectivity index (χ4v) is 4.92. The second-order valence-electron chi connectivity index (χ2n) is 6.66. The molecule has 1 fully saturated rings. The van der Waals surface area contributed by atoms with Crippen molar-refractivity contribution in [1.82, 2.24) is 9.46 Å². The summed E-state index contributed by atoms with van der Waals surface area (Å²) in [6.45, 7) is 5.19. The normalized spacial score (nSPS) is 21.4. The van der Waals surface area contributed by atoms with Crippen molar-refractivity contribution >= 4 is 15.8 Å². The Morgan fingerprint density at radius 3 is 2.72 bits per heavy atom. The van der Waals surface area contributed by atoms with Crippen LogP contribution < -0.4 is 5.73 Å². The molecule has 136 valence electrons. The molecule has 9 heteroatoms. The number of hydrogen-bond acceptors (Lipinski definition) is 6. The maximum atomic E-state index is 13.5. The number of aryl methyl sites for hydroxylation is 1. The van der Waals surface area contributed by atoms with Gasteiger partial charge in [0.05, 0.1) is 18.2 Å². The average molecular weight is 369 g/mol. The predicted octanol–water partition coefficient (Wildman–Crippen LogP) is 2.25.